The Morgan fingerprint density at radius 2 is 2.25 bits per heavy atom. The normalized spacial score (nSPS) is 24.9. The van der Waals surface area contributed by atoms with Crippen molar-refractivity contribution >= 4 is 45.4 Å². The summed E-state index contributed by atoms with van der Waals surface area (Å²) in [4.78, 5) is 31.2. The van der Waals surface area contributed by atoms with Crippen LogP contribution < -0.4 is 34.7 Å². The van der Waals surface area contributed by atoms with Crippen molar-refractivity contribution in [3.05, 3.63) is 23.1 Å². The summed E-state index contributed by atoms with van der Waals surface area (Å²) in [6.45, 7) is 2.94. The van der Waals surface area contributed by atoms with Crippen molar-refractivity contribution in [1.29, 1.82) is 0 Å². The third-order valence-electron chi connectivity index (χ3n) is 5.13. The van der Waals surface area contributed by atoms with E-state index < -0.39 is 24.7 Å². The fraction of sp³-hybridized carbons (Fsp3) is 0.471. The van der Waals surface area contributed by atoms with E-state index in [4.69, 9.17) is 0 Å². The molecule has 1 fully saturated rings. The molecule has 7 nitrogen and oxygen atoms in total. The van der Waals surface area contributed by atoms with Crippen LogP contribution in [-0.2, 0) is 9.59 Å². The first-order valence-corrected chi connectivity index (χ1v) is 10.3. The van der Waals surface area contributed by atoms with Gasteiger partial charge in [-0.3, -0.25) is 13.6 Å². The van der Waals surface area contributed by atoms with Gasteiger partial charge < -0.3 is 19.9 Å². The molecule has 4 heterocycles. The minimum Gasteiger partial charge on any atom is -0.543 e. The Kier molecular flexibility index (Phi) is 6.29. The summed E-state index contributed by atoms with van der Waals surface area (Å²) in [6.07, 6.45) is 2.53. The van der Waals surface area contributed by atoms with E-state index >= 15 is 0 Å². The molecule has 0 radical (unpaired) electrons. The number of carbonyl (C=O) groups is 2. The topological polar surface area (TPSA) is 98.0 Å². The molecule has 1 amide bonds. The van der Waals surface area contributed by atoms with E-state index in [2.05, 4.69) is 4.98 Å². The monoisotopic (exact) mass is 433 g/mol. The van der Waals surface area contributed by atoms with Crippen LogP contribution in [-0.4, -0.2) is 55.8 Å². The molecule has 4 atom stereocenters. The Morgan fingerprint density at radius 3 is 2.86 bits per heavy atom. The number of aromatic nitrogens is 2. The Labute approximate surface area is 190 Å². The average molecular weight is 433 g/mol. The number of fused-ring (bicyclic) bond motifs is 2. The van der Waals surface area contributed by atoms with Gasteiger partial charge in [-0.1, -0.05) is 6.92 Å². The van der Waals surface area contributed by atoms with Crippen LogP contribution in [0.3, 0.4) is 0 Å². The van der Waals surface area contributed by atoms with Crippen LogP contribution in [0, 0.1) is 11.8 Å². The predicted molar refractivity (Wildman–Crippen MR) is 96.7 cm³/mol. The summed E-state index contributed by atoms with van der Waals surface area (Å²) in [5.41, 5.74) is 0.413. The molecule has 2 aromatic heterocycles. The largest absolute Gasteiger partial charge is 1.00 e. The van der Waals surface area contributed by atoms with Crippen molar-refractivity contribution in [2.45, 2.75) is 31.0 Å². The number of hydrogen-bond donors (Lipinski definition) is 1. The van der Waals surface area contributed by atoms with Crippen LogP contribution in [0.4, 0.5) is 4.39 Å². The van der Waals surface area contributed by atoms with E-state index in [1.807, 2.05) is 6.92 Å². The second-order valence-electron chi connectivity index (χ2n) is 6.70. The Morgan fingerprint density at radius 1 is 1.54 bits per heavy atom. The van der Waals surface area contributed by atoms with Crippen LogP contribution in [0.15, 0.2) is 23.2 Å². The van der Waals surface area contributed by atoms with Gasteiger partial charge in [-0.05, 0) is 6.92 Å². The van der Waals surface area contributed by atoms with E-state index in [-0.39, 0.29) is 53.1 Å². The molecule has 2 aromatic rings. The first-order chi connectivity index (χ1) is 12.9. The number of hydrogen-bond acceptors (Lipinski definition) is 7. The van der Waals surface area contributed by atoms with Crippen molar-refractivity contribution in [2.75, 3.05) is 12.4 Å². The number of thioether (sulfide) groups is 1. The number of aliphatic hydroxyl groups excluding tert-OH is 1. The summed E-state index contributed by atoms with van der Waals surface area (Å²) in [5, 5.41) is 22.4. The van der Waals surface area contributed by atoms with E-state index in [1.165, 1.54) is 28.0 Å². The number of aliphatic carboxylic acids is 1. The molecule has 1 saturated heterocycles. The smallest absolute Gasteiger partial charge is 0.543 e. The molecular weight excluding hydrogens is 416 g/mol. The number of amides is 1. The SMILES string of the molecule is C[C@@H](O)[C@H]1C(=O)N2C(C(=O)[O-])=C(c3cn4cnc(SCCF)c4s3)[C@H](C)[C@H]12.[Na+]. The quantitative estimate of drug-likeness (QED) is 0.315. The van der Waals surface area contributed by atoms with Crippen molar-refractivity contribution in [1.82, 2.24) is 14.3 Å². The van der Waals surface area contributed by atoms with Crippen molar-refractivity contribution in [3.8, 4) is 0 Å². The molecule has 0 aliphatic carbocycles. The summed E-state index contributed by atoms with van der Waals surface area (Å²) in [6, 6.07) is -0.389. The van der Waals surface area contributed by atoms with Crippen LogP contribution in [0.5, 0.6) is 0 Å². The predicted octanol–water partition coefficient (Wildman–Crippen LogP) is -2.22. The molecule has 1 N–H and O–H groups in total. The molecule has 0 saturated carbocycles. The van der Waals surface area contributed by atoms with Gasteiger partial charge in [0.2, 0.25) is 5.91 Å². The fourth-order valence-corrected chi connectivity index (χ4v) is 6.06. The maximum absolute atomic E-state index is 12.5. The van der Waals surface area contributed by atoms with E-state index in [1.54, 1.807) is 23.8 Å². The summed E-state index contributed by atoms with van der Waals surface area (Å²) in [7, 11) is 0. The zero-order valence-electron chi connectivity index (χ0n) is 15.6. The zero-order valence-corrected chi connectivity index (χ0v) is 19.2. The van der Waals surface area contributed by atoms with Gasteiger partial charge in [-0.25, -0.2) is 4.98 Å². The number of carboxylic acids is 1. The number of carbonyl (C=O) groups excluding carboxylic acids is 2. The first-order valence-electron chi connectivity index (χ1n) is 8.49. The van der Waals surface area contributed by atoms with Gasteiger partial charge in [-0.2, -0.15) is 0 Å². The van der Waals surface area contributed by atoms with Gasteiger partial charge >= 0.3 is 29.6 Å². The second-order valence-corrected chi connectivity index (χ2v) is 8.81. The Hall–Kier alpha value is -0.910. The molecule has 0 spiro atoms. The Bertz CT molecular complexity index is 973. The van der Waals surface area contributed by atoms with E-state index in [9.17, 15) is 24.2 Å². The number of carboxylic acid groups (broad SMARTS) is 1. The number of β-lactam (4-membered cyclic amide) rings is 1. The minimum atomic E-state index is -1.40. The van der Waals surface area contributed by atoms with E-state index in [0.29, 0.717) is 21.2 Å². The molecule has 0 bridgehead atoms. The van der Waals surface area contributed by atoms with Gasteiger partial charge in [0.25, 0.3) is 0 Å². The summed E-state index contributed by atoms with van der Waals surface area (Å²) >= 11 is 2.65. The second kappa shape index (κ2) is 8.08. The number of nitrogens with zero attached hydrogens (tertiary/aromatic N) is 3. The minimum absolute atomic E-state index is 0. The number of rotatable bonds is 6. The maximum atomic E-state index is 12.5. The molecule has 0 aromatic carbocycles. The number of imidazole rings is 1. The molecular formula is C17H17FN3NaO4S2. The summed E-state index contributed by atoms with van der Waals surface area (Å²) < 4.78 is 14.2. The standard InChI is InChI=1S/C17H18FN3O4S2.Na/c1-7-10(9-5-20-6-19-14(16(20)27-9)26-4-3-18)13(17(24)25)21-12(7)11(8(2)22)15(21)23;/h5-8,11-12,22H,3-4H2,1-2H3,(H,24,25);/q;+1/p-1/t7-,8+,11+,12+;/m0./s1. The van der Waals surface area contributed by atoms with Crippen LogP contribution in [0.1, 0.15) is 18.7 Å². The van der Waals surface area contributed by atoms with Gasteiger partial charge in [0.1, 0.15) is 16.2 Å². The summed E-state index contributed by atoms with van der Waals surface area (Å²) in [5.74, 6) is -2.37. The van der Waals surface area contributed by atoms with Gasteiger partial charge in [-0.15, -0.1) is 23.1 Å². The van der Waals surface area contributed by atoms with Crippen LogP contribution in [0.2, 0.25) is 0 Å². The number of aliphatic hydroxyl groups is 1. The van der Waals surface area contributed by atoms with Crippen molar-refractivity contribution in [3.63, 3.8) is 0 Å². The van der Waals surface area contributed by atoms with Gasteiger partial charge in [0.05, 0.1) is 41.3 Å². The molecule has 4 rings (SSSR count). The van der Waals surface area contributed by atoms with Crippen LogP contribution in [0.25, 0.3) is 10.4 Å². The molecule has 11 heteroatoms. The average Bonchev–Trinajstić information content (AvgIpc) is 3.23. The Balaban J connectivity index is 0.00000225. The third kappa shape index (κ3) is 3.14. The number of halogens is 1. The molecule has 0 unspecified atom stereocenters. The molecule has 144 valence electrons. The van der Waals surface area contributed by atoms with Gasteiger partial charge in [0, 0.05) is 23.4 Å². The van der Waals surface area contributed by atoms with Crippen LogP contribution >= 0.6 is 23.1 Å². The fourth-order valence-electron chi connectivity index (χ4n) is 4.02. The number of thiazole rings is 1. The van der Waals surface area contributed by atoms with Gasteiger partial charge in [0.15, 0.2) is 0 Å². The zero-order chi connectivity index (χ0) is 19.5. The van der Waals surface area contributed by atoms with Crippen molar-refractivity contribution < 1.29 is 53.7 Å². The molecule has 28 heavy (non-hydrogen) atoms. The maximum Gasteiger partial charge on any atom is 1.00 e. The van der Waals surface area contributed by atoms with E-state index in [0.717, 1.165) is 4.83 Å². The molecule has 2 aliphatic heterocycles. The van der Waals surface area contributed by atoms with Crippen molar-refractivity contribution in [2.24, 2.45) is 11.8 Å². The first kappa shape index (κ1) is 21.8. The third-order valence-corrected chi connectivity index (χ3v) is 7.33. The number of alkyl halides is 1. The molecule has 2 aliphatic rings.